The number of hydrogen-bond acceptors (Lipinski definition) is 4. The van der Waals surface area contributed by atoms with Crippen LogP contribution in [0.4, 0.5) is 14.5 Å². The third-order valence-electron chi connectivity index (χ3n) is 6.34. The topological polar surface area (TPSA) is 86.8 Å². The SMILES string of the molecule is CC[C@@H](C(=O)NCC(C)C)N(Cc1ccc(F)cc1)C(=O)CN(c1ccc(F)cc1)S(=O)(=O)c1ccc(C)cc1. The largest absolute Gasteiger partial charge is 0.354 e. The Morgan fingerprint density at radius 3 is 1.95 bits per heavy atom. The normalized spacial score (nSPS) is 12.2. The molecule has 0 bridgehead atoms. The first-order valence-corrected chi connectivity index (χ1v) is 14.5. The van der Waals surface area contributed by atoms with Gasteiger partial charge in [0.05, 0.1) is 10.6 Å². The van der Waals surface area contributed by atoms with Crippen molar-refractivity contribution in [2.75, 3.05) is 17.4 Å². The molecule has 7 nitrogen and oxygen atoms in total. The fraction of sp³-hybridized carbons (Fsp3) is 0.333. The third-order valence-corrected chi connectivity index (χ3v) is 8.13. The number of benzene rings is 3. The Labute approximate surface area is 234 Å². The Balaban J connectivity index is 2.03. The van der Waals surface area contributed by atoms with Crippen LogP contribution in [0.2, 0.25) is 0 Å². The molecule has 40 heavy (non-hydrogen) atoms. The van der Waals surface area contributed by atoms with Crippen molar-refractivity contribution in [3.63, 3.8) is 0 Å². The van der Waals surface area contributed by atoms with Crippen LogP contribution in [0.15, 0.2) is 77.7 Å². The van der Waals surface area contributed by atoms with E-state index in [9.17, 15) is 26.8 Å². The second-order valence-corrected chi connectivity index (χ2v) is 11.9. The van der Waals surface area contributed by atoms with Gasteiger partial charge in [0.1, 0.15) is 24.2 Å². The number of nitrogens with zero attached hydrogens (tertiary/aromatic N) is 2. The van der Waals surface area contributed by atoms with Crippen LogP contribution < -0.4 is 9.62 Å². The molecule has 3 rings (SSSR count). The van der Waals surface area contributed by atoms with Gasteiger partial charge in [0, 0.05) is 13.1 Å². The average Bonchev–Trinajstić information content (AvgIpc) is 2.92. The van der Waals surface area contributed by atoms with Crippen molar-refractivity contribution >= 4 is 27.5 Å². The Hall–Kier alpha value is -3.79. The van der Waals surface area contributed by atoms with E-state index in [2.05, 4.69) is 5.32 Å². The van der Waals surface area contributed by atoms with E-state index < -0.39 is 40.2 Å². The zero-order valence-electron chi connectivity index (χ0n) is 23.1. The maximum Gasteiger partial charge on any atom is 0.264 e. The molecule has 10 heteroatoms. The molecule has 2 amide bonds. The number of amides is 2. The number of rotatable bonds is 12. The molecule has 1 N–H and O–H groups in total. The van der Waals surface area contributed by atoms with Crippen molar-refractivity contribution in [2.24, 2.45) is 5.92 Å². The van der Waals surface area contributed by atoms with Crippen LogP contribution in [0.1, 0.15) is 38.3 Å². The van der Waals surface area contributed by atoms with Crippen molar-refractivity contribution in [3.05, 3.63) is 95.6 Å². The number of anilines is 1. The molecule has 3 aromatic carbocycles. The molecule has 0 aliphatic carbocycles. The Morgan fingerprint density at radius 1 is 0.875 bits per heavy atom. The van der Waals surface area contributed by atoms with Gasteiger partial charge in [0.2, 0.25) is 11.8 Å². The lowest BCUT2D eigenvalue weighted by atomic mass is 10.1. The van der Waals surface area contributed by atoms with Crippen molar-refractivity contribution in [2.45, 2.75) is 51.6 Å². The lowest BCUT2D eigenvalue weighted by Crippen LogP contribution is -2.52. The van der Waals surface area contributed by atoms with Gasteiger partial charge in [-0.15, -0.1) is 0 Å². The maximum atomic E-state index is 13.9. The number of nitrogens with one attached hydrogen (secondary N) is 1. The fourth-order valence-corrected chi connectivity index (χ4v) is 5.52. The fourth-order valence-electron chi connectivity index (χ4n) is 4.10. The van der Waals surface area contributed by atoms with Gasteiger partial charge in [-0.2, -0.15) is 0 Å². The van der Waals surface area contributed by atoms with Crippen LogP contribution in [-0.2, 0) is 26.2 Å². The standard InChI is InChI=1S/C30H35F2N3O4S/c1-5-28(30(37)33-18-21(2)3)34(19-23-8-10-24(31)11-9-23)29(36)20-35(26-14-12-25(32)13-15-26)40(38,39)27-16-6-22(4)7-17-27/h6-17,21,28H,5,18-20H2,1-4H3,(H,33,37)/t28-/m0/s1. The number of hydrogen-bond donors (Lipinski definition) is 1. The van der Waals surface area contributed by atoms with Crippen LogP contribution >= 0.6 is 0 Å². The summed E-state index contributed by atoms with van der Waals surface area (Å²) in [5.74, 6) is -1.85. The van der Waals surface area contributed by atoms with E-state index in [4.69, 9.17) is 0 Å². The lowest BCUT2D eigenvalue weighted by Gasteiger charge is -2.33. The summed E-state index contributed by atoms with van der Waals surface area (Å²) < 4.78 is 55.8. The summed E-state index contributed by atoms with van der Waals surface area (Å²) in [5.41, 5.74) is 1.51. The molecule has 0 fully saturated rings. The minimum absolute atomic E-state index is 0.0398. The molecule has 0 saturated heterocycles. The smallest absolute Gasteiger partial charge is 0.264 e. The van der Waals surface area contributed by atoms with E-state index >= 15 is 0 Å². The molecule has 0 unspecified atom stereocenters. The van der Waals surface area contributed by atoms with Crippen LogP contribution in [0.25, 0.3) is 0 Å². The molecule has 3 aromatic rings. The quantitative estimate of drug-likeness (QED) is 0.330. The van der Waals surface area contributed by atoms with Crippen molar-refractivity contribution in [3.8, 4) is 0 Å². The minimum Gasteiger partial charge on any atom is -0.354 e. The summed E-state index contributed by atoms with van der Waals surface area (Å²) in [6.07, 6.45) is 0.262. The zero-order chi connectivity index (χ0) is 29.4. The second-order valence-electron chi connectivity index (χ2n) is 10.0. The second kappa shape index (κ2) is 13.5. The van der Waals surface area contributed by atoms with Gasteiger partial charge in [-0.3, -0.25) is 13.9 Å². The van der Waals surface area contributed by atoms with Gasteiger partial charge in [0.25, 0.3) is 10.0 Å². The highest BCUT2D eigenvalue weighted by atomic mass is 32.2. The molecule has 0 radical (unpaired) electrons. The average molecular weight is 572 g/mol. The van der Waals surface area contributed by atoms with E-state index in [1.54, 1.807) is 19.1 Å². The summed E-state index contributed by atoms with van der Waals surface area (Å²) in [7, 11) is -4.25. The minimum atomic E-state index is -4.25. The van der Waals surface area contributed by atoms with Gasteiger partial charge in [-0.25, -0.2) is 17.2 Å². The number of sulfonamides is 1. The number of carbonyl (C=O) groups is 2. The van der Waals surface area contributed by atoms with E-state index in [1.165, 1.54) is 53.4 Å². The van der Waals surface area contributed by atoms with E-state index in [-0.39, 0.29) is 35.4 Å². The van der Waals surface area contributed by atoms with Crippen LogP contribution in [-0.4, -0.2) is 44.3 Å². The molecular formula is C30H35F2N3O4S. The zero-order valence-corrected chi connectivity index (χ0v) is 23.9. The number of aryl methyl sites for hydroxylation is 1. The van der Waals surface area contributed by atoms with Gasteiger partial charge < -0.3 is 10.2 Å². The molecule has 0 aliphatic heterocycles. The molecule has 1 atom stereocenters. The summed E-state index contributed by atoms with van der Waals surface area (Å²) in [5, 5.41) is 2.85. The predicted molar refractivity (Wildman–Crippen MR) is 151 cm³/mol. The molecule has 0 aliphatic rings. The third kappa shape index (κ3) is 7.88. The summed E-state index contributed by atoms with van der Waals surface area (Å²) in [4.78, 5) is 28.4. The highest BCUT2D eigenvalue weighted by Crippen LogP contribution is 2.25. The molecule has 0 heterocycles. The van der Waals surface area contributed by atoms with Crippen molar-refractivity contribution < 1.29 is 26.8 Å². The maximum absolute atomic E-state index is 13.9. The first kappa shape index (κ1) is 30.7. The highest BCUT2D eigenvalue weighted by molar-refractivity contribution is 7.92. The first-order valence-electron chi connectivity index (χ1n) is 13.1. The summed E-state index contributed by atoms with van der Waals surface area (Å²) >= 11 is 0. The summed E-state index contributed by atoms with van der Waals surface area (Å²) in [6.45, 7) is 7.17. The first-order chi connectivity index (χ1) is 18.9. The van der Waals surface area contributed by atoms with Gasteiger partial charge >= 0.3 is 0 Å². The van der Waals surface area contributed by atoms with E-state index in [0.717, 1.165) is 22.0 Å². The summed E-state index contributed by atoms with van der Waals surface area (Å²) in [6, 6.07) is 15.6. The van der Waals surface area contributed by atoms with Crippen LogP contribution in [0, 0.1) is 24.5 Å². The van der Waals surface area contributed by atoms with E-state index in [1.807, 2.05) is 20.8 Å². The van der Waals surface area contributed by atoms with Gasteiger partial charge in [-0.05, 0) is 73.4 Å². The predicted octanol–water partition coefficient (Wildman–Crippen LogP) is 5.05. The highest BCUT2D eigenvalue weighted by Gasteiger charge is 2.33. The van der Waals surface area contributed by atoms with Crippen molar-refractivity contribution in [1.29, 1.82) is 0 Å². The van der Waals surface area contributed by atoms with E-state index in [0.29, 0.717) is 12.1 Å². The van der Waals surface area contributed by atoms with Gasteiger partial charge in [0.15, 0.2) is 0 Å². The van der Waals surface area contributed by atoms with Gasteiger partial charge in [-0.1, -0.05) is 50.6 Å². The van der Waals surface area contributed by atoms with Crippen LogP contribution in [0.5, 0.6) is 0 Å². The number of carbonyl (C=O) groups excluding carboxylic acids is 2. The number of halogens is 2. The molecule has 0 saturated carbocycles. The van der Waals surface area contributed by atoms with Crippen LogP contribution in [0.3, 0.4) is 0 Å². The lowest BCUT2D eigenvalue weighted by molar-refractivity contribution is -0.140. The Bertz CT molecular complexity index is 1390. The molecular weight excluding hydrogens is 536 g/mol. The molecule has 0 aromatic heterocycles. The Kier molecular flexibility index (Phi) is 10.4. The molecule has 214 valence electrons. The monoisotopic (exact) mass is 571 g/mol. The molecule has 0 spiro atoms. The van der Waals surface area contributed by atoms with Crippen molar-refractivity contribution in [1.82, 2.24) is 10.2 Å². The Morgan fingerprint density at radius 2 is 1.43 bits per heavy atom.